The Kier molecular flexibility index (Phi) is 6.13. The minimum Gasteiger partial charge on any atom is -0.455 e. The molecule has 5 heteroatoms. The maximum absolute atomic E-state index is 9.91. The maximum atomic E-state index is 9.91. The van der Waals surface area contributed by atoms with E-state index in [1.807, 2.05) is 72.8 Å². The van der Waals surface area contributed by atoms with Crippen LogP contribution in [0.25, 0.3) is 120 Å². The molecule has 9 aromatic carbocycles. The van der Waals surface area contributed by atoms with Crippen molar-refractivity contribution in [2.24, 2.45) is 0 Å². The summed E-state index contributed by atoms with van der Waals surface area (Å²) >= 11 is 1.64. The van der Waals surface area contributed by atoms with Gasteiger partial charge in [-0.1, -0.05) is 170 Å². The van der Waals surface area contributed by atoms with Crippen LogP contribution in [-0.4, -0.2) is 15.0 Å². The molecule has 0 atom stereocenters. The number of hydrogen-bond donors (Lipinski definition) is 0. The van der Waals surface area contributed by atoms with Crippen molar-refractivity contribution in [2.75, 3.05) is 0 Å². The van der Waals surface area contributed by atoms with Crippen LogP contribution in [0.5, 0.6) is 0 Å². The Morgan fingerprint density at radius 1 is 0.400 bits per heavy atom. The van der Waals surface area contributed by atoms with E-state index in [-0.39, 0.29) is 61.8 Å². The molecule has 0 unspecified atom stereocenters. The molecule has 3 heterocycles. The smallest absolute Gasteiger partial charge is 0.164 e. The first kappa shape index (κ1) is 26.3. The Hall–Kier alpha value is -7.73. The van der Waals surface area contributed by atoms with Gasteiger partial charge in [0.1, 0.15) is 11.2 Å². The fourth-order valence-corrected chi connectivity index (χ4v) is 9.21. The Morgan fingerprint density at radius 3 is 1.77 bits per heavy atom. The molecule has 0 N–H and O–H groups in total. The van der Waals surface area contributed by atoms with Crippen LogP contribution in [0.1, 0.15) is 12.3 Å². The summed E-state index contributed by atoms with van der Waals surface area (Å²) in [5.74, 6) is 0.392. The Bertz CT molecular complexity index is 4120. The van der Waals surface area contributed by atoms with Gasteiger partial charge >= 0.3 is 0 Å². The molecule has 280 valence electrons. The number of thiophene rings is 1. The molecule has 12 rings (SSSR count). The SMILES string of the molecule is [2H]c1c([2H])c([2H])c2c(oc3c4c([2H])c([2H])c([2H])c([2H])c4c(-c4nc(-c5cccc(-c6ccc(-c7ccccc7)cc6)c5)nc(-c5ccc6c(c5)sc5cccc(-c7ccccc7)c56)n4)c([2H])c32)c1[2H]. The zero-order chi connectivity index (χ0) is 47.4. The van der Waals surface area contributed by atoms with Gasteiger partial charge in [-0.15, -0.1) is 11.3 Å². The Balaban J connectivity index is 1.13. The predicted octanol–water partition coefficient (Wildman–Crippen LogP) is 15.3. The molecule has 0 radical (unpaired) electrons. The van der Waals surface area contributed by atoms with E-state index in [1.54, 1.807) is 11.3 Å². The van der Waals surface area contributed by atoms with Gasteiger partial charge in [0.2, 0.25) is 0 Å². The lowest BCUT2D eigenvalue weighted by Gasteiger charge is -2.12. The van der Waals surface area contributed by atoms with Crippen molar-refractivity contribution in [1.29, 1.82) is 0 Å². The van der Waals surface area contributed by atoms with Crippen LogP contribution in [0.4, 0.5) is 0 Å². The molecule has 0 fully saturated rings. The number of rotatable bonds is 6. The summed E-state index contributed by atoms with van der Waals surface area (Å²) in [6, 6.07) is 44.2. The number of nitrogens with zero attached hydrogens (tertiary/aromatic N) is 3. The number of hydrogen-bond acceptors (Lipinski definition) is 5. The summed E-state index contributed by atoms with van der Waals surface area (Å²) < 4.78 is 88.8. The van der Waals surface area contributed by atoms with Crippen molar-refractivity contribution in [2.45, 2.75) is 0 Å². The van der Waals surface area contributed by atoms with Crippen LogP contribution in [-0.2, 0) is 0 Å². The van der Waals surface area contributed by atoms with Crippen molar-refractivity contribution >= 4 is 64.2 Å². The van der Waals surface area contributed by atoms with Crippen LogP contribution in [0.2, 0.25) is 0 Å². The van der Waals surface area contributed by atoms with E-state index in [2.05, 4.69) is 72.8 Å². The van der Waals surface area contributed by atoms with Crippen LogP contribution >= 0.6 is 11.3 Å². The van der Waals surface area contributed by atoms with Gasteiger partial charge in [-0.3, -0.25) is 0 Å². The Morgan fingerprint density at radius 2 is 0.983 bits per heavy atom. The minimum absolute atomic E-state index is 0.0603. The fraction of sp³-hybridized carbons (Fsp3) is 0. The lowest BCUT2D eigenvalue weighted by Crippen LogP contribution is -2.01. The average Bonchev–Trinajstić information content (AvgIpc) is 3.99. The summed E-state index contributed by atoms with van der Waals surface area (Å²) in [5, 5.41) is 1.81. The molecule has 0 spiro atoms. The third-order valence-corrected chi connectivity index (χ3v) is 12.0. The van der Waals surface area contributed by atoms with Crippen molar-refractivity contribution in [1.82, 2.24) is 15.0 Å². The molecule has 12 aromatic rings. The number of para-hydroxylation sites is 1. The zero-order valence-corrected chi connectivity index (χ0v) is 32.3. The molecule has 0 saturated heterocycles. The second kappa shape index (κ2) is 14.0. The van der Waals surface area contributed by atoms with Crippen LogP contribution in [0, 0.1) is 0 Å². The average molecular weight is 793 g/mol. The monoisotopic (exact) mass is 792 g/mol. The number of benzene rings is 9. The predicted molar refractivity (Wildman–Crippen MR) is 250 cm³/mol. The Labute approximate surface area is 362 Å². The fourth-order valence-electron chi connectivity index (χ4n) is 8.03. The van der Waals surface area contributed by atoms with Gasteiger partial charge in [0, 0.05) is 53.0 Å². The standard InChI is InChI=1S/C55H33N3OS/c1-3-13-34(14-4-1)35-25-27-36(28-26-35)38-17-11-18-39(31-38)53-56-54(40-29-30-45-50(32-40)60-49-24-12-22-41(51(45)49)37-15-5-2-6-16-37)58-55(57-53)47-33-46-43-20-9-10-23-48(43)59-52(46)44-21-8-7-19-42(44)47/h1-33H/i7D,8D,9D,10D,19D,20D,21D,23D,33D. The van der Waals surface area contributed by atoms with Crippen LogP contribution in [0.15, 0.2) is 204 Å². The molecule has 0 aliphatic heterocycles. The quantitative estimate of drug-likeness (QED) is 0.168. The number of aromatic nitrogens is 3. The lowest BCUT2D eigenvalue weighted by molar-refractivity contribution is 0.672. The summed E-state index contributed by atoms with van der Waals surface area (Å²) in [4.78, 5) is 15.2. The molecule has 0 aliphatic rings. The van der Waals surface area contributed by atoms with Gasteiger partial charge in [0.25, 0.3) is 0 Å². The van der Waals surface area contributed by atoms with Crippen molar-refractivity contribution in [3.63, 3.8) is 0 Å². The van der Waals surface area contributed by atoms with Crippen molar-refractivity contribution < 1.29 is 16.8 Å². The summed E-state index contributed by atoms with van der Waals surface area (Å²) in [7, 11) is 0. The van der Waals surface area contributed by atoms with Crippen molar-refractivity contribution in [3.8, 4) is 67.5 Å². The molecule has 0 aliphatic carbocycles. The molecule has 4 nitrogen and oxygen atoms in total. The molecule has 0 bridgehead atoms. The van der Waals surface area contributed by atoms with E-state index in [4.69, 9.17) is 27.6 Å². The van der Waals surface area contributed by atoms with Crippen molar-refractivity contribution in [3.05, 3.63) is 200 Å². The second-order valence-corrected chi connectivity index (χ2v) is 15.5. The first-order valence-electron chi connectivity index (χ1n) is 23.9. The zero-order valence-electron chi connectivity index (χ0n) is 40.5. The van der Waals surface area contributed by atoms with Gasteiger partial charge in [-0.2, -0.15) is 0 Å². The van der Waals surface area contributed by atoms with E-state index in [1.165, 1.54) is 0 Å². The number of furan rings is 1. The van der Waals surface area contributed by atoms with Gasteiger partial charge in [-0.05, 0) is 69.1 Å². The third-order valence-electron chi connectivity index (χ3n) is 10.9. The largest absolute Gasteiger partial charge is 0.455 e. The topological polar surface area (TPSA) is 51.8 Å². The molecular weight excluding hydrogens is 751 g/mol. The van der Waals surface area contributed by atoms with E-state index < -0.39 is 48.3 Å². The normalized spacial score (nSPS) is 13.8. The summed E-state index contributed by atoms with van der Waals surface area (Å²) in [6.45, 7) is 0. The van der Waals surface area contributed by atoms with Crippen LogP contribution < -0.4 is 0 Å². The molecular formula is C55H33N3OS. The highest BCUT2D eigenvalue weighted by atomic mass is 32.1. The first-order chi connectivity index (χ1) is 33.5. The van der Waals surface area contributed by atoms with Gasteiger partial charge in [-0.25, -0.2) is 15.0 Å². The second-order valence-electron chi connectivity index (χ2n) is 14.4. The lowest BCUT2D eigenvalue weighted by atomic mass is 9.98. The number of fused-ring (bicyclic) bond motifs is 8. The molecule has 60 heavy (non-hydrogen) atoms. The van der Waals surface area contributed by atoms with E-state index in [9.17, 15) is 4.11 Å². The maximum Gasteiger partial charge on any atom is 0.164 e. The first-order valence-corrected chi connectivity index (χ1v) is 20.2. The van der Waals surface area contributed by atoms with E-state index >= 15 is 0 Å². The van der Waals surface area contributed by atoms with E-state index in [0.29, 0.717) is 11.1 Å². The molecule has 0 saturated carbocycles. The summed E-state index contributed by atoms with van der Waals surface area (Å²) in [6.07, 6.45) is 0. The van der Waals surface area contributed by atoms with Gasteiger partial charge < -0.3 is 4.42 Å². The van der Waals surface area contributed by atoms with E-state index in [0.717, 1.165) is 53.6 Å². The highest BCUT2D eigenvalue weighted by molar-refractivity contribution is 7.26. The molecule has 3 aromatic heterocycles. The van der Waals surface area contributed by atoms with Gasteiger partial charge in [0.15, 0.2) is 17.5 Å². The van der Waals surface area contributed by atoms with Gasteiger partial charge in [0.05, 0.1) is 12.3 Å². The highest BCUT2D eigenvalue weighted by Gasteiger charge is 2.20. The minimum atomic E-state index is -0.560. The summed E-state index contributed by atoms with van der Waals surface area (Å²) in [5.41, 5.74) is 6.98. The van der Waals surface area contributed by atoms with Crippen LogP contribution in [0.3, 0.4) is 0 Å². The highest BCUT2D eigenvalue weighted by Crippen LogP contribution is 2.43. The third kappa shape index (κ3) is 5.78. The molecule has 0 amide bonds.